The van der Waals surface area contributed by atoms with Gasteiger partial charge in [0.25, 0.3) is 5.91 Å². The van der Waals surface area contributed by atoms with Crippen LogP contribution in [0, 0.1) is 0 Å². The van der Waals surface area contributed by atoms with Crippen LogP contribution in [0.2, 0.25) is 0 Å². The van der Waals surface area contributed by atoms with Crippen LogP contribution in [-0.4, -0.2) is 35.0 Å². The Labute approximate surface area is 151 Å². The topological polar surface area (TPSA) is 42.4 Å². The van der Waals surface area contributed by atoms with Gasteiger partial charge in [-0.05, 0) is 59.5 Å². The van der Waals surface area contributed by atoms with E-state index >= 15 is 0 Å². The van der Waals surface area contributed by atoms with Crippen molar-refractivity contribution in [2.75, 3.05) is 13.1 Å². The molecule has 128 valence electrons. The Balaban J connectivity index is 1.32. The van der Waals surface area contributed by atoms with Crippen molar-refractivity contribution < 1.29 is 9.53 Å². The lowest BCUT2D eigenvalue weighted by atomic mass is 10.1. The van der Waals surface area contributed by atoms with Gasteiger partial charge in [-0.15, -0.1) is 11.3 Å². The Morgan fingerprint density at radius 3 is 2.92 bits per heavy atom. The van der Waals surface area contributed by atoms with E-state index in [0.29, 0.717) is 6.61 Å². The molecule has 0 atom stereocenters. The van der Waals surface area contributed by atoms with E-state index in [1.807, 2.05) is 41.4 Å². The predicted octanol–water partition coefficient (Wildman–Crippen LogP) is 4.12. The fourth-order valence-corrected chi connectivity index (χ4v) is 3.98. The van der Waals surface area contributed by atoms with E-state index in [2.05, 4.69) is 16.4 Å². The van der Waals surface area contributed by atoms with Gasteiger partial charge in [0, 0.05) is 35.7 Å². The Kier molecular flexibility index (Phi) is 4.76. The molecule has 0 saturated carbocycles. The number of carbonyl (C=O) groups excluding carboxylic acids is 1. The van der Waals surface area contributed by atoms with Crippen LogP contribution in [0.5, 0.6) is 0 Å². The van der Waals surface area contributed by atoms with Gasteiger partial charge in [0.15, 0.2) is 0 Å². The summed E-state index contributed by atoms with van der Waals surface area (Å²) in [6.07, 6.45) is 5.57. The number of likely N-dealkylation sites (tertiary alicyclic amines) is 1. The largest absolute Gasteiger partial charge is 0.373 e. The number of rotatable bonds is 4. The van der Waals surface area contributed by atoms with E-state index < -0.39 is 0 Å². The number of nitrogens with zero attached hydrogens (tertiary/aromatic N) is 2. The van der Waals surface area contributed by atoms with Crippen LogP contribution < -0.4 is 0 Å². The van der Waals surface area contributed by atoms with Gasteiger partial charge in [-0.25, -0.2) is 0 Å². The maximum atomic E-state index is 12.7. The molecule has 25 heavy (non-hydrogen) atoms. The molecule has 2 aromatic heterocycles. The highest BCUT2D eigenvalue weighted by Gasteiger charge is 2.24. The highest BCUT2D eigenvalue weighted by Crippen LogP contribution is 2.23. The second-order valence-electron chi connectivity index (χ2n) is 6.34. The lowest BCUT2D eigenvalue weighted by molar-refractivity contribution is -0.000464. The lowest BCUT2D eigenvalue weighted by Gasteiger charge is -2.32. The zero-order chi connectivity index (χ0) is 17.1. The Bertz CT molecular complexity index is 854. The second kappa shape index (κ2) is 7.33. The molecule has 0 N–H and O–H groups in total. The molecule has 1 saturated heterocycles. The Morgan fingerprint density at radius 2 is 2.12 bits per heavy atom. The summed E-state index contributed by atoms with van der Waals surface area (Å²) in [6, 6.07) is 12.0. The number of carbonyl (C=O) groups is 1. The molecule has 0 aliphatic carbocycles. The lowest BCUT2D eigenvalue weighted by Crippen LogP contribution is -2.40. The quantitative estimate of drug-likeness (QED) is 0.709. The highest BCUT2D eigenvalue weighted by molar-refractivity contribution is 7.17. The average molecular weight is 352 g/mol. The number of piperidine rings is 1. The van der Waals surface area contributed by atoms with Crippen LogP contribution in [0.4, 0.5) is 0 Å². The van der Waals surface area contributed by atoms with Crippen molar-refractivity contribution in [3.63, 3.8) is 0 Å². The molecule has 3 heterocycles. The Morgan fingerprint density at radius 1 is 1.24 bits per heavy atom. The first-order valence-electron chi connectivity index (χ1n) is 8.56. The smallest absolute Gasteiger partial charge is 0.253 e. The predicted molar refractivity (Wildman–Crippen MR) is 99.8 cm³/mol. The summed E-state index contributed by atoms with van der Waals surface area (Å²) in [4.78, 5) is 18.8. The van der Waals surface area contributed by atoms with Crippen LogP contribution in [-0.2, 0) is 11.3 Å². The molecular weight excluding hydrogens is 332 g/mol. The highest BCUT2D eigenvalue weighted by atomic mass is 32.1. The standard InChI is InChI=1S/C20H20N2O2S/c23-20(17-3-4-19-16(12-17)7-11-25-19)22-9-5-18(6-10-22)24-14-15-2-1-8-21-13-15/h1-4,7-8,11-13,18H,5-6,9-10,14H2. The summed E-state index contributed by atoms with van der Waals surface area (Å²) in [5.74, 6) is 0.124. The van der Waals surface area contributed by atoms with Crippen LogP contribution in [0.15, 0.2) is 54.2 Å². The molecule has 0 unspecified atom stereocenters. The number of fused-ring (bicyclic) bond motifs is 1. The van der Waals surface area contributed by atoms with Crippen molar-refractivity contribution >= 4 is 27.3 Å². The zero-order valence-corrected chi connectivity index (χ0v) is 14.7. The van der Waals surface area contributed by atoms with E-state index in [9.17, 15) is 4.79 Å². The third kappa shape index (κ3) is 3.72. The average Bonchev–Trinajstić information content (AvgIpc) is 3.15. The molecule has 0 bridgehead atoms. The Hall–Kier alpha value is -2.24. The van der Waals surface area contributed by atoms with Gasteiger partial charge < -0.3 is 9.64 Å². The summed E-state index contributed by atoms with van der Waals surface area (Å²) in [6.45, 7) is 2.08. The van der Waals surface area contributed by atoms with Crippen LogP contribution >= 0.6 is 11.3 Å². The molecule has 0 radical (unpaired) electrons. The normalized spacial score (nSPS) is 15.6. The van der Waals surface area contributed by atoms with Gasteiger partial charge in [-0.2, -0.15) is 0 Å². The van der Waals surface area contributed by atoms with Crippen molar-refractivity contribution in [3.8, 4) is 0 Å². The number of benzene rings is 1. The number of thiophene rings is 1. The second-order valence-corrected chi connectivity index (χ2v) is 7.28. The summed E-state index contributed by atoms with van der Waals surface area (Å²) in [7, 11) is 0. The number of hydrogen-bond donors (Lipinski definition) is 0. The number of hydrogen-bond acceptors (Lipinski definition) is 4. The van der Waals surface area contributed by atoms with Gasteiger partial charge in [-0.3, -0.25) is 9.78 Å². The SMILES string of the molecule is O=C(c1ccc2sccc2c1)N1CCC(OCc2cccnc2)CC1. The van der Waals surface area contributed by atoms with E-state index in [0.717, 1.165) is 42.4 Å². The fourth-order valence-electron chi connectivity index (χ4n) is 3.21. The summed E-state index contributed by atoms with van der Waals surface area (Å²) in [5, 5.41) is 3.20. The van der Waals surface area contributed by atoms with Crippen molar-refractivity contribution in [1.29, 1.82) is 0 Å². The molecule has 4 nitrogen and oxygen atoms in total. The number of aromatic nitrogens is 1. The van der Waals surface area contributed by atoms with Gasteiger partial charge in [0.2, 0.25) is 0 Å². The van der Waals surface area contributed by atoms with Crippen LogP contribution in [0.1, 0.15) is 28.8 Å². The van der Waals surface area contributed by atoms with E-state index in [1.165, 1.54) is 4.70 Å². The minimum Gasteiger partial charge on any atom is -0.373 e. The molecule has 5 heteroatoms. The molecular formula is C20H20N2O2S. The molecule has 1 aromatic carbocycles. The van der Waals surface area contributed by atoms with Crippen molar-refractivity contribution in [3.05, 3.63) is 65.3 Å². The first-order valence-corrected chi connectivity index (χ1v) is 9.44. The molecule has 1 aliphatic rings. The van der Waals surface area contributed by atoms with Gasteiger partial charge in [-0.1, -0.05) is 6.07 Å². The summed E-state index contributed by atoms with van der Waals surface area (Å²) < 4.78 is 7.19. The first-order chi connectivity index (χ1) is 12.3. The third-order valence-electron chi connectivity index (χ3n) is 4.64. The molecule has 0 spiro atoms. The number of ether oxygens (including phenoxy) is 1. The summed E-state index contributed by atoms with van der Waals surface area (Å²) >= 11 is 1.70. The number of pyridine rings is 1. The number of amides is 1. The fraction of sp³-hybridized carbons (Fsp3) is 0.300. The zero-order valence-electron chi connectivity index (χ0n) is 13.9. The van der Waals surface area contributed by atoms with Crippen LogP contribution in [0.25, 0.3) is 10.1 Å². The van der Waals surface area contributed by atoms with Crippen molar-refractivity contribution in [1.82, 2.24) is 9.88 Å². The minimum atomic E-state index is 0.124. The monoisotopic (exact) mass is 352 g/mol. The molecule has 4 rings (SSSR count). The minimum absolute atomic E-state index is 0.124. The maximum absolute atomic E-state index is 12.7. The first kappa shape index (κ1) is 16.2. The van der Waals surface area contributed by atoms with Crippen molar-refractivity contribution in [2.24, 2.45) is 0 Å². The van der Waals surface area contributed by atoms with Gasteiger partial charge in [0.05, 0.1) is 12.7 Å². The molecule has 1 fully saturated rings. The molecule has 3 aromatic rings. The molecule has 1 amide bonds. The van der Waals surface area contributed by atoms with Crippen LogP contribution in [0.3, 0.4) is 0 Å². The molecule has 1 aliphatic heterocycles. The van der Waals surface area contributed by atoms with Crippen molar-refractivity contribution in [2.45, 2.75) is 25.6 Å². The van der Waals surface area contributed by atoms with Gasteiger partial charge >= 0.3 is 0 Å². The van der Waals surface area contributed by atoms with E-state index in [1.54, 1.807) is 17.5 Å². The maximum Gasteiger partial charge on any atom is 0.253 e. The van der Waals surface area contributed by atoms with E-state index in [-0.39, 0.29) is 12.0 Å². The summed E-state index contributed by atoms with van der Waals surface area (Å²) in [5.41, 5.74) is 1.87. The van der Waals surface area contributed by atoms with Gasteiger partial charge in [0.1, 0.15) is 0 Å². The third-order valence-corrected chi connectivity index (χ3v) is 5.53. The van der Waals surface area contributed by atoms with E-state index in [4.69, 9.17) is 4.74 Å².